The Morgan fingerprint density at radius 3 is 2.57 bits per heavy atom. The second-order valence-electron chi connectivity index (χ2n) is 5.83. The molecule has 21 heavy (non-hydrogen) atoms. The summed E-state index contributed by atoms with van der Waals surface area (Å²) in [7, 11) is 0. The molecular formula is C15H19Br2N3S. The standard InChI is InChI=1S/C15H19Br2N3S/c1-5-11-12(8-19-15(2,3)4)21-14(20-11)13-10(17)6-9(16)7-18-13/h6-7,19H,5,8H2,1-4H3. The summed E-state index contributed by atoms with van der Waals surface area (Å²) in [5, 5.41) is 4.50. The Balaban J connectivity index is 2.31. The quantitative estimate of drug-likeness (QED) is 0.722. The zero-order chi connectivity index (χ0) is 15.6. The van der Waals surface area contributed by atoms with Gasteiger partial charge in [-0.1, -0.05) is 6.92 Å². The van der Waals surface area contributed by atoms with Gasteiger partial charge in [0.25, 0.3) is 0 Å². The zero-order valence-electron chi connectivity index (χ0n) is 12.6. The number of aromatic nitrogens is 2. The summed E-state index contributed by atoms with van der Waals surface area (Å²) in [6.45, 7) is 9.51. The van der Waals surface area contributed by atoms with Crippen molar-refractivity contribution in [3.05, 3.63) is 31.8 Å². The largest absolute Gasteiger partial charge is 0.307 e. The van der Waals surface area contributed by atoms with Gasteiger partial charge in [0.1, 0.15) is 10.7 Å². The maximum absolute atomic E-state index is 4.76. The number of pyridine rings is 1. The van der Waals surface area contributed by atoms with Gasteiger partial charge in [-0.25, -0.2) is 4.98 Å². The van der Waals surface area contributed by atoms with Gasteiger partial charge >= 0.3 is 0 Å². The lowest BCUT2D eigenvalue weighted by Gasteiger charge is -2.20. The van der Waals surface area contributed by atoms with Crippen molar-refractivity contribution in [2.24, 2.45) is 0 Å². The predicted octanol–water partition coefficient (Wildman–Crippen LogP) is 5.18. The Kier molecular flexibility index (Phi) is 5.57. The van der Waals surface area contributed by atoms with Gasteiger partial charge in [0.15, 0.2) is 0 Å². The topological polar surface area (TPSA) is 37.8 Å². The maximum atomic E-state index is 4.76. The van der Waals surface area contributed by atoms with Crippen LogP contribution in [0.4, 0.5) is 0 Å². The number of rotatable bonds is 4. The van der Waals surface area contributed by atoms with Crippen LogP contribution in [0.15, 0.2) is 21.2 Å². The third kappa shape index (κ3) is 4.58. The van der Waals surface area contributed by atoms with Crippen LogP contribution in [0, 0.1) is 0 Å². The number of halogens is 2. The van der Waals surface area contributed by atoms with E-state index in [1.807, 2.05) is 6.07 Å². The summed E-state index contributed by atoms with van der Waals surface area (Å²) in [5.41, 5.74) is 2.16. The summed E-state index contributed by atoms with van der Waals surface area (Å²) in [6.07, 6.45) is 2.74. The first-order chi connectivity index (χ1) is 9.80. The second-order valence-corrected chi connectivity index (χ2v) is 8.68. The monoisotopic (exact) mass is 431 g/mol. The molecule has 0 aliphatic rings. The maximum Gasteiger partial charge on any atom is 0.143 e. The average molecular weight is 433 g/mol. The van der Waals surface area contributed by atoms with Crippen LogP contribution in [0.5, 0.6) is 0 Å². The van der Waals surface area contributed by atoms with Crippen molar-refractivity contribution < 1.29 is 0 Å². The number of nitrogens with zero attached hydrogens (tertiary/aromatic N) is 2. The summed E-state index contributed by atoms with van der Waals surface area (Å²) in [5.74, 6) is 0. The van der Waals surface area contributed by atoms with E-state index in [4.69, 9.17) is 4.98 Å². The predicted molar refractivity (Wildman–Crippen MR) is 96.7 cm³/mol. The van der Waals surface area contributed by atoms with Gasteiger partial charge in [-0.15, -0.1) is 11.3 Å². The minimum atomic E-state index is 0.103. The molecule has 0 atom stereocenters. The molecule has 0 unspecified atom stereocenters. The van der Waals surface area contributed by atoms with E-state index in [2.05, 4.69) is 69.9 Å². The Hall–Kier alpha value is -0.300. The lowest BCUT2D eigenvalue weighted by atomic mass is 10.1. The highest BCUT2D eigenvalue weighted by atomic mass is 79.9. The van der Waals surface area contributed by atoms with E-state index in [0.717, 1.165) is 38.3 Å². The number of aryl methyl sites for hydroxylation is 1. The third-order valence-corrected chi connectivity index (χ3v) is 5.05. The highest BCUT2D eigenvalue weighted by Gasteiger charge is 2.16. The highest BCUT2D eigenvalue weighted by Crippen LogP contribution is 2.33. The molecule has 6 heteroatoms. The molecule has 3 nitrogen and oxygen atoms in total. The Morgan fingerprint density at radius 2 is 2.00 bits per heavy atom. The fourth-order valence-corrected chi connectivity index (χ4v) is 4.22. The molecule has 0 spiro atoms. The van der Waals surface area contributed by atoms with Crippen LogP contribution in [0.1, 0.15) is 38.3 Å². The normalized spacial score (nSPS) is 11.9. The van der Waals surface area contributed by atoms with Crippen LogP contribution in [-0.2, 0) is 13.0 Å². The van der Waals surface area contributed by atoms with Crippen LogP contribution >= 0.6 is 43.2 Å². The number of hydrogen-bond donors (Lipinski definition) is 1. The molecule has 0 radical (unpaired) electrons. The van der Waals surface area contributed by atoms with Crippen molar-refractivity contribution in [1.82, 2.24) is 15.3 Å². The van der Waals surface area contributed by atoms with Gasteiger partial charge < -0.3 is 5.32 Å². The molecule has 2 aromatic heterocycles. The summed E-state index contributed by atoms with van der Waals surface area (Å²) >= 11 is 8.71. The SMILES string of the molecule is CCc1nc(-c2ncc(Br)cc2Br)sc1CNC(C)(C)C. The molecule has 0 aliphatic heterocycles. The van der Waals surface area contributed by atoms with Crippen LogP contribution in [0.2, 0.25) is 0 Å². The van der Waals surface area contributed by atoms with Crippen molar-refractivity contribution >= 4 is 43.2 Å². The molecule has 114 valence electrons. The van der Waals surface area contributed by atoms with Crippen LogP contribution in [-0.4, -0.2) is 15.5 Å². The van der Waals surface area contributed by atoms with Gasteiger partial charge in [-0.3, -0.25) is 4.98 Å². The molecule has 0 amide bonds. The lowest BCUT2D eigenvalue weighted by Crippen LogP contribution is -2.35. The van der Waals surface area contributed by atoms with Gasteiger partial charge in [0, 0.05) is 32.1 Å². The van der Waals surface area contributed by atoms with Crippen LogP contribution in [0.3, 0.4) is 0 Å². The highest BCUT2D eigenvalue weighted by molar-refractivity contribution is 9.11. The molecule has 1 N–H and O–H groups in total. The van der Waals surface area contributed by atoms with Crippen molar-refractivity contribution in [2.75, 3.05) is 0 Å². The summed E-state index contributed by atoms with van der Waals surface area (Å²) in [6, 6.07) is 2.00. The van der Waals surface area contributed by atoms with Crippen molar-refractivity contribution in [1.29, 1.82) is 0 Å². The molecule has 2 heterocycles. The molecule has 0 fully saturated rings. The molecule has 0 aliphatic carbocycles. The molecule has 2 aromatic rings. The van der Waals surface area contributed by atoms with E-state index in [1.165, 1.54) is 4.88 Å². The third-order valence-electron chi connectivity index (χ3n) is 2.90. The summed E-state index contributed by atoms with van der Waals surface area (Å²) < 4.78 is 1.92. The zero-order valence-corrected chi connectivity index (χ0v) is 16.6. The average Bonchev–Trinajstić information content (AvgIpc) is 2.78. The van der Waals surface area contributed by atoms with Crippen molar-refractivity contribution in [2.45, 2.75) is 46.2 Å². The Morgan fingerprint density at radius 1 is 1.29 bits per heavy atom. The first kappa shape index (κ1) is 17.1. The first-order valence-corrected chi connectivity index (χ1v) is 9.25. The number of thiazole rings is 1. The number of nitrogens with one attached hydrogen (secondary N) is 1. The van der Waals surface area contributed by atoms with E-state index in [-0.39, 0.29) is 5.54 Å². The smallest absolute Gasteiger partial charge is 0.143 e. The number of hydrogen-bond acceptors (Lipinski definition) is 4. The van der Waals surface area contributed by atoms with Gasteiger partial charge in [0.2, 0.25) is 0 Å². The van der Waals surface area contributed by atoms with Gasteiger partial charge in [-0.2, -0.15) is 0 Å². The second kappa shape index (κ2) is 6.86. The van der Waals surface area contributed by atoms with E-state index in [1.54, 1.807) is 17.5 Å². The van der Waals surface area contributed by atoms with Gasteiger partial charge in [0.05, 0.1) is 5.69 Å². The Bertz CT molecular complexity index is 632. The molecule has 2 rings (SSSR count). The fraction of sp³-hybridized carbons (Fsp3) is 0.467. The van der Waals surface area contributed by atoms with Crippen LogP contribution in [0.25, 0.3) is 10.7 Å². The van der Waals surface area contributed by atoms with Crippen LogP contribution < -0.4 is 5.32 Å². The molecule has 0 aromatic carbocycles. The van der Waals surface area contributed by atoms with E-state index in [0.29, 0.717) is 0 Å². The lowest BCUT2D eigenvalue weighted by molar-refractivity contribution is 0.425. The summed E-state index contributed by atoms with van der Waals surface area (Å²) in [4.78, 5) is 10.5. The van der Waals surface area contributed by atoms with E-state index >= 15 is 0 Å². The van der Waals surface area contributed by atoms with Gasteiger partial charge in [-0.05, 0) is 65.1 Å². The molecule has 0 saturated heterocycles. The minimum absolute atomic E-state index is 0.103. The Labute approximate surface area is 146 Å². The molecule has 0 bridgehead atoms. The van der Waals surface area contributed by atoms with Crippen molar-refractivity contribution in [3.63, 3.8) is 0 Å². The molecular weight excluding hydrogens is 414 g/mol. The van der Waals surface area contributed by atoms with Crippen molar-refractivity contribution in [3.8, 4) is 10.7 Å². The fourth-order valence-electron chi connectivity index (χ4n) is 1.82. The first-order valence-electron chi connectivity index (χ1n) is 6.85. The van der Waals surface area contributed by atoms with E-state index < -0.39 is 0 Å². The van der Waals surface area contributed by atoms with E-state index in [9.17, 15) is 0 Å². The minimum Gasteiger partial charge on any atom is -0.307 e. The molecule has 0 saturated carbocycles.